The molecule has 0 aromatic rings. The molecule has 0 aromatic heterocycles. The summed E-state index contributed by atoms with van der Waals surface area (Å²) in [6.45, 7) is 9.64. The zero-order valence-electron chi connectivity index (χ0n) is 70.5. The van der Waals surface area contributed by atoms with E-state index in [-0.39, 0.29) is 25.7 Å². The highest BCUT2D eigenvalue weighted by molar-refractivity contribution is 7.47. The van der Waals surface area contributed by atoms with Crippen LogP contribution in [0.4, 0.5) is 0 Å². The molecule has 0 aliphatic carbocycles. The summed E-state index contributed by atoms with van der Waals surface area (Å²) in [5, 5.41) is 10.7. The van der Waals surface area contributed by atoms with Crippen molar-refractivity contribution in [3.8, 4) is 0 Å². The van der Waals surface area contributed by atoms with Crippen LogP contribution in [0.3, 0.4) is 0 Å². The third-order valence-corrected chi connectivity index (χ3v) is 22.6. The Labute approximate surface area is 658 Å². The standard InChI is InChI=1S/C88H172O17P2/c1-7-9-11-13-15-17-19-21-23-25-27-28-29-30-32-34-39-43-47-53-60-66-72-87(92)104-83(76-98-85(90)70-64-58-52-46-42-38-33-31-26-24-22-20-18-16-14-12-10-8-2)78-102-106(94,95)100-74-82(89)75-101-107(96,97)103-79-84(77-99-86(91)71-65-59-55-49-51-57-63-69-81(5)6)105-88(93)73-67-61-54-48-44-40-36-35-37-41-45-50-56-62-68-80(3)4/h80-84,89H,7-79H2,1-6H3,(H,94,95)(H,96,97)/t82-,83-,84-/m1/s1. The average Bonchev–Trinajstić information content (AvgIpc) is 0.902. The molecule has 2 unspecified atom stereocenters. The number of carbonyl (C=O) groups is 4. The Kier molecular flexibility index (Phi) is 77.9. The van der Waals surface area contributed by atoms with Crippen LogP contribution in [0.15, 0.2) is 0 Å². The van der Waals surface area contributed by atoms with Crippen molar-refractivity contribution in [3.05, 3.63) is 0 Å². The van der Waals surface area contributed by atoms with Gasteiger partial charge in [-0.25, -0.2) is 9.13 Å². The topological polar surface area (TPSA) is 237 Å². The van der Waals surface area contributed by atoms with E-state index in [0.29, 0.717) is 31.6 Å². The Morgan fingerprint density at radius 1 is 0.252 bits per heavy atom. The Morgan fingerprint density at radius 3 is 0.636 bits per heavy atom. The van der Waals surface area contributed by atoms with Crippen molar-refractivity contribution >= 4 is 39.5 Å². The van der Waals surface area contributed by atoms with Gasteiger partial charge in [-0.3, -0.25) is 37.3 Å². The molecule has 0 saturated heterocycles. The molecule has 0 heterocycles. The molecule has 17 nitrogen and oxygen atoms in total. The molecule has 0 radical (unpaired) electrons. The lowest BCUT2D eigenvalue weighted by Gasteiger charge is -2.21. The van der Waals surface area contributed by atoms with E-state index < -0.39 is 97.5 Å². The molecule has 636 valence electrons. The van der Waals surface area contributed by atoms with Gasteiger partial charge in [-0.2, -0.15) is 0 Å². The van der Waals surface area contributed by atoms with Crippen molar-refractivity contribution in [3.63, 3.8) is 0 Å². The summed E-state index contributed by atoms with van der Waals surface area (Å²) in [7, 11) is -9.93. The minimum Gasteiger partial charge on any atom is -0.462 e. The van der Waals surface area contributed by atoms with Gasteiger partial charge in [-0.1, -0.05) is 420 Å². The van der Waals surface area contributed by atoms with Gasteiger partial charge in [0.25, 0.3) is 0 Å². The lowest BCUT2D eigenvalue weighted by Crippen LogP contribution is -2.30. The Bertz CT molecular complexity index is 2050. The van der Waals surface area contributed by atoms with Crippen LogP contribution in [0, 0.1) is 11.8 Å². The van der Waals surface area contributed by atoms with E-state index in [0.717, 1.165) is 102 Å². The number of rotatable bonds is 87. The monoisotopic (exact) mass is 1560 g/mol. The quantitative estimate of drug-likeness (QED) is 0.0222. The molecule has 0 saturated carbocycles. The van der Waals surface area contributed by atoms with Crippen LogP contribution in [-0.4, -0.2) is 96.7 Å². The van der Waals surface area contributed by atoms with Crippen LogP contribution >= 0.6 is 15.6 Å². The number of phosphoric ester groups is 2. The van der Waals surface area contributed by atoms with Crippen LogP contribution in [0.5, 0.6) is 0 Å². The van der Waals surface area contributed by atoms with E-state index in [1.165, 1.54) is 283 Å². The second kappa shape index (κ2) is 79.3. The molecule has 0 bridgehead atoms. The summed E-state index contributed by atoms with van der Waals surface area (Å²) in [6.07, 6.45) is 72.4. The minimum atomic E-state index is -4.97. The van der Waals surface area contributed by atoms with Crippen LogP contribution in [0.25, 0.3) is 0 Å². The molecule has 0 aliphatic rings. The summed E-state index contributed by atoms with van der Waals surface area (Å²) in [5.41, 5.74) is 0. The Morgan fingerprint density at radius 2 is 0.430 bits per heavy atom. The minimum absolute atomic E-state index is 0.107. The van der Waals surface area contributed by atoms with E-state index in [1.807, 2.05) is 0 Å². The van der Waals surface area contributed by atoms with Gasteiger partial charge in [-0.05, 0) is 37.5 Å². The molecule has 19 heteroatoms. The summed E-state index contributed by atoms with van der Waals surface area (Å²) >= 11 is 0. The first-order valence-electron chi connectivity index (χ1n) is 45.5. The number of hydrogen-bond donors (Lipinski definition) is 3. The van der Waals surface area contributed by atoms with Crippen LogP contribution in [0.2, 0.25) is 0 Å². The Balaban J connectivity index is 5.22. The highest BCUT2D eigenvalue weighted by Gasteiger charge is 2.30. The maximum Gasteiger partial charge on any atom is 0.472 e. The Hall–Kier alpha value is -1.94. The molecule has 0 fully saturated rings. The fourth-order valence-corrected chi connectivity index (χ4v) is 15.4. The summed E-state index contributed by atoms with van der Waals surface area (Å²) in [5.74, 6) is -0.602. The van der Waals surface area contributed by atoms with Crippen LogP contribution in [-0.2, 0) is 65.4 Å². The van der Waals surface area contributed by atoms with E-state index in [4.69, 9.17) is 37.0 Å². The summed E-state index contributed by atoms with van der Waals surface area (Å²) in [6, 6.07) is 0. The summed E-state index contributed by atoms with van der Waals surface area (Å²) in [4.78, 5) is 73.3. The lowest BCUT2D eigenvalue weighted by atomic mass is 10.0. The van der Waals surface area contributed by atoms with Crippen molar-refractivity contribution < 1.29 is 80.2 Å². The molecule has 0 aromatic carbocycles. The van der Waals surface area contributed by atoms with E-state index in [1.54, 1.807) is 0 Å². The lowest BCUT2D eigenvalue weighted by molar-refractivity contribution is -0.161. The molecular weight excluding hydrogens is 1390 g/mol. The van der Waals surface area contributed by atoms with Crippen molar-refractivity contribution in [2.24, 2.45) is 11.8 Å². The van der Waals surface area contributed by atoms with Gasteiger partial charge in [0.1, 0.15) is 19.3 Å². The normalized spacial score (nSPS) is 13.8. The van der Waals surface area contributed by atoms with E-state index in [9.17, 15) is 43.2 Å². The zero-order valence-corrected chi connectivity index (χ0v) is 72.2. The number of aliphatic hydroxyl groups excluding tert-OH is 1. The molecule has 0 rings (SSSR count). The fourth-order valence-electron chi connectivity index (χ4n) is 13.8. The van der Waals surface area contributed by atoms with Gasteiger partial charge < -0.3 is 33.8 Å². The molecule has 0 spiro atoms. The number of aliphatic hydroxyl groups is 1. The van der Waals surface area contributed by atoms with Gasteiger partial charge in [-0.15, -0.1) is 0 Å². The third kappa shape index (κ3) is 81.9. The first-order chi connectivity index (χ1) is 51.9. The largest absolute Gasteiger partial charge is 0.472 e. The number of carbonyl (C=O) groups excluding carboxylic acids is 4. The van der Waals surface area contributed by atoms with Crippen molar-refractivity contribution in [2.45, 2.75) is 490 Å². The first kappa shape index (κ1) is 105. The van der Waals surface area contributed by atoms with Crippen LogP contribution < -0.4 is 0 Å². The molecular formula is C88H172O17P2. The molecule has 0 aliphatic heterocycles. The van der Waals surface area contributed by atoms with Crippen molar-refractivity contribution in [2.75, 3.05) is 39.6 Å². The highest BCUT2D eigenvalue weighted by atomic mass is 31.2. The smallest absolute Gasteiger partial charge is 0.462 e. The zero-order chi connectivity index (χ0) is 78.5. The number of phosphoric acid groups is 2. The number of hydrogen-bond acceptors (Lipinski definition) is 15. The van der Waals surface area contributed by atoms with Gasteiger partial charge in [0.2, 0.25) is 0 Å². The highest BCUT2D eigenvalue weighted by Crippen LogP contribution is 2.45. The summed E-state index contributed by atoms with van der Waals surface area (Å²) < 4.78 is 68.9. The van der Waals surface area contributed by atoms with E-state index in [2.05, 4.69) is 41.5 Å². The maximum atomic E-state index is 13.2. The predicted octanol–water partition coefficient (Wildman–Crippen LogP) is 27.0. The first-order valence-corrected chi connectivity index (χ1v) is 48.5. The van der Waals surface area contributed by atoms with Gasteiger partial charge >= 0.3 is 39.5 Å². The second-order valence-electron chi connectivity index (χ2n) is 32.6. The van der Waals surface area contributed by atoms with Crippen molar-refractivity contribution in [1.82, 2.24) is 0 Å². The van der Waals surface area contributed by atoms with Crippen LogP contribution in [0.1, 0.15) is 472 Å². The predicted molar refractivity (Wildman–Crippen MR) is 442 cm³/mol. The number of ether oxygens (including phenoxy) is 4. The van der Waals surface area contributed by atoms with Crippen molar-refractivity contribution in [1.29, 1.82) is 0 Å². The fraction of sp³-hybridized carbons (Fsp3) is 0.955. The second-order valence-corrected chi connectivity index (χ2v) is 35.5. The average molecular weight is 1560 g/mol. The van der Waals surface area contributed by atoms with Gasteiger partial charge in [0.15, 0.2) is 12.2 Å². The van der Waals surface area contributed by atoms with E-state index >= 15 is 0 Å². The molecule has 3 N–H and O–H groups in total. The SMILES string of the molecule is CCCCCCCCCCCCCCCCCCCCCCCCC(=O)O[C@H](COC(=O)CCCCCCCCCCCCCCCCCCCC)COP(=O)(O)OC[C@@H](O)COP(=O)(O)OC[C@@H](COC(=O)CCCCCCCCCC(C)C)OC(=O)CCCCCCCCCCCCCCCCC(C)C. The number of esters is 4. The van der Waals surface area contributed by atoms with Gasteiger partial charge in [0.05, 0.1) is 26.4 Å². The third-order valence-electron chi connectivity index (χ3n) is 20.7. The molecule has 5 atom stereocenters. The maximum absolute atomic E-state index is 13.2. The number of unbranched alkanes of at least 4 members (excludes halogenated alkanes) is 57. The molecule has 107 heavy (non-hydrogen) atoms. The molecule has 0 amide bonds. The van der Waals surface area contributed by atoms with Gasteiger partial charge in [0, 0.05) is 25.7 Å².